The molecule has 1 heterocycles. The summed E-state index contributed by atoms with van der Waals surface area (Å²) in [5.41, 5.74) is 2.24. The summed E-state index contributed by atoms with van der Waals surface area (Å²) in [5.74, 6) is 0.796. The van der Waals surface area contributed by atoms with Crippen LogP contribution in [0.25, 0.3) is 0 Å². The molecular weight excluding hydrogens is 230 g/mol. The SMILES string of the molecule is CNCCC(=O)OCc1ccc2c(c1)CCCO2. The minimum atomic E-state index is -0.168. The third-order valence-corrected chi connectivity index (χ3v) is 2.95. The van der Waals surface area contributed by atoms with Crippen LogP contribution in [0.5, 0.6) is 5.75 Å². The minimum Gasteiger partial charge on any atom is -0.493 e. The molecule has 0 saturated carbocycles. The first-order valence-electron chi connectivity index (χ1n) is 6.34. The molecule has 0 unspecified atom stereocenters. The van der Waals surface area contributed by atoms with Gasteiger partial charge in [-0.2, -0.15) is 0 Å². The van der Waals surface area contributed by atoms with Crippen LogP contribution >= 0.6 is 0 Å². The van der Waals surface area contributed by atoms with Crippen LogP contribution in [0.2, 0.25) is 0 Å². The predicted molar refractivity (Wildman–Crippen MR) is 68.6 cm³/mol. The second kappa shape index (κ2) is 6.40. The van der Waals surface area contributed by atoms with E-state index in [0.29, 0.717) is 19.6 Å². The van der Waals surface area contributed by atoms with Crippen LogP contribution < -0.4 is 10.1 Å². The van der Waals surface area contributed by atoms with Gasteiger partial charge >= 0.3 is 5.97 Å². The molecule has 2 rings (SSSR count). The summed E-state index contributed by atoms with van der Waals surface area (Å²) < 4.78 is 10.7. The zero-order valence-electron chi connectivity index (χ0n) is 10.7. The predicted octanol–water partition coefficient (Wildman–Crippen LogP) is 1.66. The van der Waals surface area contributed by atoms with E-state index < -0.39 is 0 Å². The Hall–Kier alpha value is -1.55. The third-order valence-electron chi connectivity index (χ3n) is 2.95. The number of rotatable bonds is 5. The van der Waals surface area contributed by atoms with Crippen molar-refractivity contribution in [3.63, 3.8) is 0 Å². The van der Waals surface area contributed by atoms with E-state index in [1.807, 2.05) is 19.2 Å². The van der Waals surface area contributed by atoms with Crippen LogP contribution in [0.3, 0.4) is 0 Å². The first-order valence-corrected chi connectivity index (χ1v) is 6.34. The fourth-order valence-electron chi connectivity index (χ4n) is 1.97. The lowest BCUT2D eigenvalue weighted by Crippen LogP contribution is -2.15. The van der Waals surface area contributed by atoms with Crippen molar-refractivity contribution in [3.8, 4) is 5.75 Å². The molecule has 0 fully saturated rings. The van der Waals surface area contributed by atoms with Crippen molar-refractivity contribution < 1.29 is 14.3 Å². The van der Waals surface area contributed by atoms with Crippen molar-refractivity contribution in [2.75, 3.05) is 20.2 Å². The fraction of sp³-hybridized carbons (Fsp3) is 0.500. The Morgan fingerprint density at radius 3 is 3.22 bits per heavy atom. The van der Waals surface area contributed by atoms with Crippen molar-refractivity contribution in [2.45, 2.75) is 25.9 Å². The van der Waals surface area contributed by atoms with Gasteiger partial charge in [0.05, 0.1) is 13.0 Å². The van der Waals surface area contributed by atoms with Crippen LogP contribution in [0.1, 0.15) is 24.0 Å². The van der Waals surface area contributed by atoms with Gasteiger partial charge in [0.25, 0.3) is 0 Å². The number of nitrogens with one attached hydrogen (secondary N) is 1. The number of aryl methyl sites for hydroxylation is 1. The van der Waals surface area contributed by atoms with Crippen molar-refractivity contribution in [3.05, 3.63) is 29.3 Å². The summed E-state index contributed by atoms with van der Waals surface area (Å²) >= 11 is 0. The number of ether oxygens (including phenoxy) is 2. The molecular formula is C14H19NO3. The van der Waals surface area contributed by atoms with Gasteiger partial charge in [-0.1, -0.05) is 6.07 Å². The Balaban J connectivity index is 1.88. The maximum atomic E-state index is 11.4. The lowest BCUT2D eigenvalue weighted by Gasteiger charge is -2.17. The summed E-state index contributed by atoms with van der Waals surface area (Å²) in [6.07, 6.45) is 2.50. The Bertz CT molecular complexity index is 418. The normalized spacial score (nSPS) is 13.6. The van der Waals surface area contributed by atoms with Crippen LogP contribution in [0.15, 0.2) is 18.2 Å². The van der Waals surface area contributed by atoms with E-state index in [-0.39, 0.29) is 5.97 Å². The van der Waals surface area contributed by atoms with Gasteiger partial charge < -0.3 is 14.8 Å². The third kappa shape index (κ3) is 3.47. The largest absolute Gasteiger partial charge is 0.493 e. The first-order chi connectivity index (χ1) is 8.79. The van der Waals surface area contributed by atoms with Gasteiger partial charge in [-0.3, -0.25) is 4.79 Å². The van der Waals surface area contributed by atoms with Gasteiger partial charge in [-0.15, -0.1) is 0 Å². The molecule has 0 aliphatic carbocycles. The summed E-state index contributed by atoms with van der Waals surface area (Å²) in [6.45, 7) is 1.79. The van der Waals surface area contributed by atoms with Gasteiger partial charge in [0.15, 0.2) is 0 Å². The maximum Gasteiger partial charge on any atom is 0.307 e. The van der Waals surface area contributed by atoms with E-state index in [0.717, 1.165) is 30.8 Å². The monoisotopic (exact) mass is 249 g/mol. The highest BCUT2D eigenvalue weighted by molar-refractivity contribution is 5.69. The van der Waals surface area contributed by atoms with Gasteiger partial charge in [0.1, 0.15) is 12.4 Å². The van der Waals surface area contributed by atoms with Crippen molar-refractivity contribution in [1.29, 1.82) is 0 Å². The Kier molecular flexibility index (Phi) is 4.59. The molecule has 4 nitrogen and oxygen atoms in total. The standard InChI is InChI=1S/C14H19NO3/c1-15-7-6-14(16)18-10-11-4-5-13-12(9-11)3-2-8-17-13/h4-5,9,15H,2-3,6-8,10H2,1H3. The highest BCUT2D eigenvalue weighted by atomic mass is 16.5. The molecule has 1 aromatic rings. The minimum absolute atomic E-state index is 0.168. The topological polar surface area (TPSA) is 47.6 Å². The van der Waals surface area contributed by atoms with Gasteiger partial charge in [0, 0.05) is 6.54 Å². The number of fused-ring (bicyclic) bond motifs is 1. The number of carbonyl (C=O) groups excluding carboxylic acids is 1. The average molecular weight is 249 g/mol. The zero-order valence-corrected chi connectivity index (χ0v) is 10.7. The molecule has 1 aliphatic rings. The van der Waals surface area contributed by atoms with Crippen LogP contribution in [-0.2, 0) is 22.6 Å². The van der Waals surface area contributed by atoms with E-state index in [4.69, 9.17) is 9.47 Å². The number of hydrogen-bond acceptors (Lipinski definition) is 4. The van der Waals surface area contributed by atoms with Gasteiger partial charge in [-0.25, -0.2) is 0 Å². The smallest absolute Gasteiger partial charge is 0.307 e. The Morgan fingerprint density at radius 1 is 1.50 bits per heavy atom. The van der Waals surface area contributed by atoms with Crippen molar-refractivity contribution in [2.24, 2.45) is 0 Å². The fourth-order valence-corrected chi connectivity index (χ4v) is 1.97. The summed E-state index contributed by atoms with van der Waals surface area (Å²) in [5, 5.41) is 2.92. The molecule has 0 bridgehead atoms. The maximum absolute atomic E-state index is 11.4. The van der Waals surface area contributed by atoms with Gasteiger partial charge in [-0.05, 0) is 43.1 Å². The molecule has 1 N–H and O–H groups in total. The molecule has 98 valence electrons. The number of benzene rings is 1. The molecule has 0 radical (unpaired) electrons. The van der Waals surface area contributed by atoms with Gasteiger partial charge in [0.2, 0.25) is 0 Å². The van der Waals surface area contributed by atoms with E-state index in [2.05, 4.69) is 11.4 Å². The van der Waals surface area contributed by atoms with Crippen LogP contribution in [0, 0.1) is 0 Å². The molecule has 18 heavy (non-hydrogen) atoms. The second-order valence-corrected chi connectivity index (χ2v) is 4.41. The molecule has 0 saturated heterocycles. The molecule has 0 aromatic heterocycles. The molecule has 1 aliphatic heterocycles. The van der Waals surface area contributed by atoms with Crippen LogP contribution in [0.4, 0.5) is 0 Å². The summed E-state index contributed by atoms with van der Waals surface area (Å²) in [4.78, 5) is 11.4. The first kappa shape index (κ1) is 12.9. The Morgan fingerprint density at radius 2 is 2.39 bits per heavy atom. The average Bonchev–Trinajstić information content (AvgIpc) is 2.42. The van der Waals surface area contributed by atoms with Crippen molar-refractivity contribution in [1.82, 2.24) is 5.32 Å². The number of esters is 1. The highest BCUT2D eigenvalue weighted by Gasteiger charge is 2.11. The molecule has 4 heteroatoms. The molecule has 1 aromatic carbocycles. The molecule has 0 spiro atoms. The van der Waals surface area contributed by atoms with E-state index in [9.17, 15) is 4.79 Å². The summed E-state index contributed by atoms with van der Waals surface area (Å²) in [6, 6.07) is 5.99. The highest BCUT2D eigenvalue weighted by Crippen LogP contribution is 2.25. The van der Waals surface area contributed by atoms with Crippen LogP contribution in [-0.4, -0.2) is 26.2 Å². The van der Waals surface area contributed by atoms with Crippen molar-refractivity contribution >= 4 is 5.97 Å². The zero-order chi connectivity index (χ0) is 12.8. The number of hydrogen-bond donors (Lipinski definition) is 1. The Labute approximate surface area is 107 Å². The van der Waals surface area contributed by atoms with E-state index >= 15 is 0 Å². The molecule has 0 amide bonds. The summed E-state index contributed by atoms with van der Waals surface area (Å²) in [7, 11) is 1.82. The van der Waals surface area contributed by atoms with E-state index in [1.54, 1.807) is 0 Å². The molecule has 0 atom stereocenters. The lowest BCUT2D eigenvalue weighted by molar-refractivity contribution is -0.144. The second-order valence-electron chi connectivity index (χ2n) is 4.41. The quantitative estimate of drug-likeness (QED) is 0.806. The lowest BCUT2D eigenvalue weighted by atomic mass is 10.0. The number of carbonyl (C=O) groups is 1. The van der Waals surface area contributed by atoms with E-state index in [1.165, 1.54) is 5.56 Å².